The lowest BCUT2D eigenvalue weighted by Crippen LogP contribution is -2.51. The summed E-state index contributed by atoms with van der Waals surface area (Å²) >= 11 is 1.87. The van der Waals surface area contributed by atoms with Crippen molar-refractivity contribution in [3.05, 3.63) is 0 Å². The van der Waals surface area contributed by atoms with E-state index in [1.165, 1.54) is 19.5 Å². The van der Waals surface area contributed by atoms with Crippen molar-refractivity contribution < 1.29 is 5.11 Å². The Balaban J connectivity index is 1.77. The monoisotopic (exact) mass is 244 g/mol. The molecule has 2 fully saturated rings. The summed E-state index contributed by atoms with van der Waals surface area (Å²) in [6.45, 7) is 5.43. The number of hydrogen-bond acceptors (Lipinski definition) is 4. The molecule has 0 saturated carbocycles. The van der Waals surface area contributed by atoms with Crippen LogP contribution in [0.4, 0.5) is 0 Å². The lowest BCUT2D eigenvalue weighted by molar-refractivity contribution is 0.0566. The summed E-state index contributed by atoms with van der Waals surface area (Å²) < 4.78 is 0. The second-order valence-electron chi connectivity index (χ2n) is 5.54. The minimum atomic E-state index is -0.437. The summed E-state index contributed by atoms with van der Waals surface area (Å²) in [4.78, 5) is 2.39. The zero-order valence-corrected chi connectivity index (χ0v) is 11.2. The van der Waals surface area contributed by atoms with Crippen LogP contribution in [0.15, 0.2) is 0 Å². The van der Waals surface area contributed by atoms with Crippen LogP contribution < -0.4 is 5.32 Å². The Hall–Kier alpha value is 0.230. The second kappa shape index (κ2) is 5.25. The van der Waals surface area contributed by atoms with Gasteiger partial charge < -0.3 is 15.3 Å². The topological polar surface area (TPSA) is 35.5 Å². The van der Waals surface area contributed by atoms with E-state index in [1.807, 2.05) is 11.8 Å². The van der Waals surface area contributed by atoms with Crippen LogP contribution in [-0.4, -0.2) is 59.8 Å². The predicted octanol–water partition coefficient (Wildman–Crippen LogP) is 0.784. The fourth-order valence-electron chi connectivity index (χ4n) is 2.71. The lowest BCUT2D eigenvalue weighted by atomic mass is 9.93. The molecule has 2 aliphatic rings. The van der Waals surface area contributed by atoms with E-state index in [-0.39, 0.29) is 0 Å². The molecule has 0 amide bonds. The molecule has 0 spiro atoms. The molecule has 0 aliphatic carbocycles. The molecule has 2 aliphatic heterocycles. The maximum Gasteiger partial charge on any atom is 0.0869 e. The van der Waals surface area contributed by atoms with Gasteiger partial charge in [-0.15, -0.1) is 0 Å². The molecular formula is C12H24N2OS. The van der Waals surface area contributed by atoms with Crippen molar-refractivity contribution in [2.75, 3.05) is 38.2 Å². The maximum absolute atomic E-state index is 10.3. The van der Waals surface area contributed by atoms with Gasteiger partial charge in [0.1, 0.15) is 0 Å². The first kappa shape index (κ1) is 12.7. The first-order chi connectivity index (χ1) is 7.59. The van der Waals surface area contributed by atoms with Crippen molar-refractivity contribution in [1.82, 2.24) is 10.2 Å². The molecule has 0 aromatic carbocycles. The van der Waals surface area contributed by atoms with Crippen LogP contribution >= 0.6 is 11.8 Å². The van der Waals surface area contributed by atoms with Gasteiger partial charge in [0.25, 0.3) is 0 Å². The molecule has 2 rings (SSSR count). The number of likely N-dealkylation sites (tertiary alicyclic amines) is 1. The van der Waals surface area contributed by atoms with E-state index in [2.05, 4.69) is 24.2 Å². The summed E-state index contributed by atoms with van der Waals surface area (Å²) in [6.07, 6.45) is 2.16. The Morgan fingerprint density at radius 2 is 2.38 bits per heavy atom. The molecule has 94 valence electrons. The first-order valence-electron chi connectivity index (χ1n) is 6.31. The maximum atomic E-state index is 10.3. The second-order valence-corrected chi connectivity index (χ2v) is 6.65. The molecule has 2 heterocycles. The number of rotatable bonds is 3. The van der Waals surface area contributed by atoms with Crippen LogP contribution in [0.25, 0.3) is 0 Å². The highest BCUT2D eigenvalue weighted by molar-refractivity contribution is 7.99. The summed E-state index contributed by atoms with van der Waals surface area (Å²) in [5, 5.41) is 13.9. The minimum Gasteiger partial charge on any atom is -0.388 e. The SMILES string of the molecule is CC1CN(C)CCC1NCC1(O)CCSC1. The van der Waals surface area contributed by atoms with Gasteiger partial charge in [0, 0.05) is 24.9 Å². The number of aliphatic hydroxyl groups is 1. The lowest BCUT2D eigenvalue weighted by Gasteiger charge is -2.37. The highest BCUT2D eigenvalue weighted by Gasteiger charge is 2.33. The van der Waals surface area contributed by atoms with Crippen molar-refractivity contribution >= 4 is 11.8 Å². The quantitative estimate of drug-likeness (QED) is 0.769. The molecule has 0 aromatic heterocycles. The van der Waals surface area contributed by atoms with Crippen LogP contribution in [0.1, 0.15) is 19.8 Å². The Labute approximate surface area is 103 Å². The van der Waals surface area contributed by atoms with Gasteiger partial charge >= 0.3 is 0 Å². The van der Waals surface area contributed by atoms with Crippen LogP contribution in [0, 0.1) is 5.92 Å². The Bertz CT molecular complexity index is 231. The molecule has 0 radical (unpaired) electrons. The predicted molar refractivity (Wildman–Crippen MR) is 70.0 cm³/mol. The average Bonchev–Trinajstić information content (AvgIpc) is 2.64. The third kappa shape index (κ3) is 3.13. The van der Waals surface area contributed by atoms with Crippen LogP contribution in [-0.2, 0) is 0 Å². The molecular weight excluding hydrogens is 220 g/mol. The standard InChI is InChI=1S/C12H24N2OS/c1-10-7-14(2)5-3-11(10)13-8-12(15)4-6-16-9-12/h10-11,13,15H,3-9H2,1-2H3. The van der Waals surface area contributed by atoms with E-state index < -0.39 is 5.60 Å². The fraction of sp³-hybridized carbons (Fsp3) is 1.00. The fourth-order valence-corrected chi connectivity index (χ4v) is 4.01. The van der Waals surface area contributed by atoms with E-state index >= 15 is 0 Å². The Kier molecular flexibility index (Phi) is 4.16. The zero-order chi connectivity index (χ0) is 11.6. The van der Waals surface area contributed by atoms with Gasteiger partial charge in [-0.3, -0.25) is 0 Å². The van der Waals surface area contributed by atoms with E-state index in [4.69, 9.17) is 0 Å². The van der Waals surface area contributed by atoms with Crippen molar-refractivity contribution in [2.24, 2.45) is 5.92 Å². The molecule has 3 unspecified atom stereocenters. The number of nitrogens with one attached hydrogen (secondary N) is 1. The third-order valence-corrected chi connectivity index (χ3v) is 5.12. The van der Waals surface area contributed by atoms with E-state index in [0.29, 0.717) is 12.0 Å². The molecule has 16 heavy (non-hydrogen) atoms. The number of nitrogens with zero attached hydrogens (tertiary/aromatic N) is 1. The van der Waals surface area contributed by atoms with E-state index in [1.54, 1.807) is 0 Å². The summed E-state index contributed by atoms with van der Waals surface area (Å²) in [6, 6.07) is 0.589. The molecule has 4 heteroatoms. The Morgan fingerprint density at radius 1 is 1.56 bits per heavy atom. The third-order valence-electron chi connectivity index (χ3n) is 3.88. The molecule has 0 bridgehead atoms. The molecule has 2 N–H and O–H groups in total. The first-order valence-corrected chi connectivity index (χ1v) is 7.47. The molecule has 0 aromatic rings. The van der Waals surface area contributed by atoms with Gasteiger partial charge in [-0.25, -0.2) is 0 Å². The summed E-state index contributed by atoms with van der Waals surface area (Å²) in [5.74, 6) is 2.71. The van der Waals surface area contributed by atoms with Crippen molar-refractivity contribution in [3.63, 3.8) is 0 Å². The largest absolute Gasteiger partial charge is 0.388 e. The van der Waals surface area contributed by atoms with Gasteiger partial charge in [0.15, 0.2) is 0 Å². The zero-order valence-electron chi connectivity index (χ0n) is 10.4. The van der Waals surface area contributed by atoms with E-state index in [9.17, 15) is 5.11 Å². The minimum absolute atomic E-state index is 0.437. The number of thioether (sulfide) groups is 1. The number of hydrogen-bond donors (Lipinski definition) is 2. The van der Waals surface area contributed by atoms with E-state index in [0.717, 1.165) is 24.5 Å². The highest BCUT2D eigenvalue weighted by Crippen LogP contribution is 2.27. The Morgan fingerprint density at radius 3 is 3.00 bits per heavy atom. The smallest absolute Gasteiger partial charge is 0.0869 e. The van der Waals surface area contributed by atoms with Crippen molar-refractivity contribution in [3.8, 4) is 0 Å². The van der Waals surface area contributed by atoms with Crippen molar-refractivity contribution in [2.45, 2.75) is 31.4 Å². The summed E-state index contributed by atoms with van der Waals surface area (Å²) in [7, 11) is 2.19. The van der Waals surface area contributed by atoms with Gasteiger partial charge in [-0.2, -0.15) is 11.8 Å². The molecule has 2 saturated heterocycles. The van der Waals surface area contributed by atoms with Gasteiger partial charge in [-0.1, -0.05) is 6.92 Å². The average molecular weight is 244 g/mol. The summed E-state index contributed by atoms with van der Waals surface area (Å²) in [5.41, 5.74) is -0.437. The van der Waals surface area contributed by atoms with Gasteiger partial charge in [0.2, 0.25) is 0 Å². The highest BCUT2D eigenvalue weighted by atomic mass is 32.2. The van der Waals surface area contributed by atoms with Crippen LogP contribution in [0.3, 0.4) is 0 Å². The van der Waals surface area contributed by atoms with Crippen LogP contribution in [0.5, 0.6) is 0 Å². The molecule has 3 nitrogen and oxygen atoms in total. The molecule has 3 atom stereocenters. The number of piperidine rings is 1. The van der Waals surface area contributed by atoms with Gasteiger partial charge in [0.05, 0.1) is 5.60 Å². The van der Waals surface area contributed by atoms with Gasteiger partial charge in [-0.05, 0) is 38.1 Å². The van der Waals surface area contributed by atoms with Crippen molar-refractivity contribution in [1.29, 1.82) is 0 Å². The normalized spacial score (nSPS) is 41.4. The van der Waals surface area contributed by atoms with Crippen LogP contribution in [0.2, 0.25) is 0 Å².